The highest BCUT2D eigenvalue weighted by Gasteiger charge is 2.32. The van der Waals surface area contributed by atoms with Crippen LogP contribution in [0.2, 0.25) is 0 Å². The standard InChI is InChI=1S/C14H29N3/c1-12-7-3-5-9-16(12)14(11-15)17-10-6-4-8-13(17)2/h12-14H,3-11,15H2,1-2H3. The molecule has 3 heteroatoms. The average Bonchev–Trinajstić information content (AvgIpc) is 2.34. The molecule has 3 nitrogen and oxygen atoms in total. The lowest BCUT2D eigenvalue weighted by Crippen LogP contribution is -2.60. The first-order chi connectivity index (χ1) is 8.24. The average molecular weight is 239 g/mol. The molecule has 0 aromatic carbocycles. The van der Waals surface area contributed by atoms with Crippen molar-refractivity contribution in [2.24, 2.45) is 5.73 Å². The van der Waals surface area contributed by atoms with Crippen LogP contribution in [-0.2, 0) is 0 Å². The maximum Gasteiger partial charge on any atom is 0.0753 e. The third-order valence-corrected chi connectivity index (χ3v) is 4.69. The molecule has 0 aromatic rings. The quantitative estimate of drug-likeness (QED) is 0.818. The first-order valence-electron chi connectivity index (χ1n) is 7.45. The molecule has 2 fully saturated rings. The van der Waals surface area contributed by atoms with E-state index in [1.807, 2.05) is 0 Å². The second-order valence-corrected chi connectivity index (χ2v) is 5.88. The van der Waals surface area contributed by atoms with Crippen molar-refractivity contribution in [2.45, 2.75) is 70.6 Å². The molecule has 2 unspecified atom stereocenters. The minimum absolute atomic E-state index is 0.487. The predicted molar refractivity (Wildman–Crippen MR) is 72.9 cm³/mol. The van der Waals surface area contributed by atoms with E-state index in [4.69, 9.17) is 5.73 Å². The van der Waals surface area contributed by atoms with Gasteiger partial charge in [0, 0.05) is 18.6 Å². The van der Waals surface area contributed by atoms with Crippen molar-refractivity contribution in [3.05, 3.63) is 0 Å². The van der Waals surface area contributed by atoms with E-state index in [1.165, 1.54) is 51.6 Å². The number of hydrogen-bond donors (Lipinski definition) is 1. The van der Waals surface area contributed by atoms with Crippen LogP contribution in [-0.4, -0.2) is 47.7 Å². The molecule has 0 aromatic heterocycles. The lowest BCUT2D eigenvalue weighted by molar-refractivity contribution is -0.0273. The summed E-state index contributed by atoms with van der Waals surface area (Å²) in [5, 5.41) is 0. The zero-order valence-corrected chi connectivity index (χ0v) is 11.6. The van der Waals surface area contributed by atoms with E-state index in [-0.39, 0.29) is 0 Å². The third-order valence-electron chi connectivity index (χ3n) is 4.69. The minimum Gasteiger partial charge on any atom is -0.328 e. The first-order valence-corrected chi connectivity index (χ1v) is 7.45. The first kappa shape index (κ1) is 13.3. The zero-order valence-electron chi connectivity index (χ0n) is 11.6. The van der Waals surface area contributed by atoms with Crippen LogP contribution in [0.25, 0.3) is 0 Å². The van der Waals surface area contributed by atoms with Crippen LogP contribution in [0, 0.1) is 0 Å². The summed E-state index contributed by atoms with van der Waals surface area (Å²) in [5.41, 5.74) is 6.08. The molecule has 2 atom stereocenters. The van der Waals surface area contributed by atoms with Crippen molar-refractivity contribution in [2.75, 3.05) is 19.6 Å². The molecule has 0 saturated carbocycles. The summed E-state index contributed by atoms with van der Waals surface area (Å²) in [6, 6.07) is 1.43. The molecular formula is C14H29N3. The van der Waals surface area contributed by atoms with Gasteiger partial charge in [0.1, 0.15) is 0 Å². The Bertz CT molecular complexity index is 210. The Morgan fingerprint density at radius 1 is 0.941 bits per heavy atom. The summed E-state index contributed by atoms with van der Waals surface area (Å²) in [5.74, 6) is 0. The molecule has 0 radical (unpaired) electrons. The lowest BCUT2D eigenvalue weighted by atomic mass is 9.99. The van der Waals surface area contributed by atoms with Crippen LogP contribution in [0.3, 0.4) is 0 Å². The second kappa shape index (κ2) is 6.17. The predicted octanol–water partition coefficient (Wildman–Crippen LogP) is 2.02. The van der Waals surface area contributed by atoms with Crippen LogP contribution in [0.15, 0.2) is 0 Å². The Hall–Kier alpha value is -0.120. The molecule has 0 amide bonds. The SMILES string of the molecule is CC1CCCCN1C(CN)N1CCCCC1C. The van der Waals surface area contributed by atoms with Gasteiger partial charge in [-0.1, -0.05) is 12.8 Å². The van der Waals surface area contributed by atoms with Crippen molar-refractivity contribution in [1.29, 1.82) is 0 Å². The van der Waals surface area contributed by atoms with Gasteiger partial charge in [0.15, 0.2) is 0 Å². The Balaban J connectivity index is 2.03. The Morgan fingerprint density at radius 2 is 1.41 bits per heavy atom. The topological polar surface area (TPSA) is 32.5 Å². The maximum absolute atomic E-state index is 6.08. The third kappa shape index (κ3) is 3.01. The lowest BCUT2D eigenvalue weighted by Gasteiger charge is -2.48. The van der Waals surface area contributed by atoms with E-state index in [1.54, 1.807) is 0 Å². The number of hydrogen-bond acceptors (Lipinski definition) is 3. The fourth-order valence-electron chi connectivity index (χ4n) is 3.59. The van der Waals surface area contributed by atoms with Gasteiger partial charge in [0.25, 0.3) is 0 Å². The van der Waals surface area contributed by atoms with Gasteiger partial charge < -0.3 is 5.73 Å². The van der Waals surface area contributed by atoms with Crippen molar-refractivity contribution < 1.29 is 0 Å². The smallest absolute Gasteiger partial charge is 0.0753 e. The van der Waals surface area contributed by atoms with E-state index in [9.17, 15) is 0 Å². The molecule has 0 spiro atoms. The highest BCUT2D eigenvalue weighted by molar-refractivity contribution is 4.85. The van der Waals surface area contributed by atoms with Crippen LogP contribution < -0.4 is 5.73 Å². The van der Waals surface area contributed by atoms with Gasteiger partial charge in [-0.2, -0.15) is 0 Å². The van der Waals surface area contributed by atoms with Gasteiger partial charge in [0.2, 0.25) is 0 Å². The minimum atomic E-state index is 0.487. The summed E-state index contributed by atoms with van der Waals surface area (Å²) in [6.45, 7) is 8.01. The van der Waals surface area contributed by atoms with E-state index in [0.717, 1.165) is 6.54 Å². The number of likely N-dealkylation sites (tertiary alicyclic amines) is 2. The molecule has 2 rings (SSSR count). The van der Waals surface area contributed by atoms with Gasteiger partial charge in [-0.25, -0.2) is 0 Å². The van der Waals surface area contributed by atoms with Crippen LogP contribution in [0.5, 0.6) is 0 Å². The molecular weight excluding hydrogens is 210 g/mol. The molecule has 0 aliphatic carbocycles. The molecule has 17 heavy (non-hydrogen) atoms. The normalized spacial score (nSPS) is 34.8. The van der Waals surface area contributed by atoms with Crippen LogP contribution >= 0.6 is 0 Å². The molecule has 100 valence electrons. The molecule has 0 bridgehead atoms. The Labute approximate surface area is 106 Å². The van der Waals surface area contributed by atoms with Gasteiger partial charge in [-0.3, -0.25) is 9.80 Å². The van der Waals surface area contributed by atoms with E-state index >= 15 is 0 Å². The van der Waals surface area contributed by atoms with Crippen molar-refractivity contribution in [3.8, 4) is 0 Å². The monoisotopic (exact) mass is 239 g/mol. The summed E-state index contributed by atoms with van der Waals surface area (Å²) >= 11 is 0. The number of rotatable bonds is 3. The molecule has 2 N–H and O–H groups in total. The molecule has 2 aliphatic heterocycles. The van der Waals surface area contributed by atoms with Crippen LogP contribution in [0.1, 0.15) is 52.4 Å². The summed E-state index contributed by atoms with van der Waals surface area (Å²) < 4.78 is 0. The fraction of sp³-hybridized carbons (Fsp3) is 1.00. The zero-order chi connectivity index (χ0) is 12.3. The van der Waals surface area contributed by atoms with Gasteiger partial charge >= 0.3 is 0 Å². The Kier molecular flexibility index (Phi) is 4.83. The number of piperidine rings is 2. The van der Waals surface area contributed by atoms with Crippen molar-refractivity contribution >= 4 is 0 Å². The number of nitrogens with zero attached hydrogens (tertiary/aromatic N) is 2. The summed E-state index contributed by atoms with van der Waals surface area (Å²) in [7, 11) is 0. The van der Waals surface area contributed by atoms with Gasteiger partial charge in [-0.15, -0.1) is 0 Å². The van der Waals surface area contributed by atoms with Gasteiger partial charge in [-0.05, 0) is 52.6 Å². The molecule has 2 heterocycles. The summed E-state index contributed by atoms with van der Waals surface area (Å²) in [6.07, 6.45) is 8.67. The van der Waals surface area contributed by atoms with E-state index < -0.39 is 0 Å². The van der Waals surface area contributed by atoms with Crippen molar-refractivity contribution in [1.82, 2.24) is 9.80 Å². The Morgan fingerprint density at radius 3 is 1.76 bits per heavy atom. The fourth-order valence-corrected chi connectivity index (χ4v) is 3.59. The highest BCUT2D eigenvalue weighted by atomic mass is 15.4. The molecule has 2 aliphatic rings. The number of nitrogens with two attached hydrogens (primary N) is 1. The largest absolute Gasteiger partial charge is 0.328 e. The second-order valence-electron chi connectivity index (χ2n) is 5.88. The maximum atomic E-state index is 6.08. The van der Waals surface area contributed by atoms with Crippen LogP contribution in [0.4, 0.5) is 0 Å². The summed E-state index contributed by atoms with van der Waals surface area (Å²) in [4.78, 5) is 5.32. The molecule has 2 saturated heterocycles. The van der Waals surface area contributed by atoms with Gasteiger partial charge in [0.05, 0.1) is 6.17 Å². The van der Waals surface area contributed by atoms with E-state index in [2.05, 4.69) is 23.6 Å². The highest BCUT2D eigenvalue weighted by Crippen LogP contribution is 2.25. The van der Waals surface area contributed by atoms with Crippen molar-refractivity contribution in [3.63, 3.8) is 0 Å². The van der Waals surface area contributed by atoms with E-state index in [0.29, 0.717) is 18.2 Å².